The SMILES string of the molecule is Cc1ccc(-n2nccn2)c(C(=O)N2CCCC2c2nc(-c3cccc4ccn(C)c34)no2)c1. The molecule has 4 heterocycles. The van der Waals surface area contributed by atoms with Crippen molar-refractivity contribution in [2.24, 2.45) is 7.05 Å². The third-order valence-electron chi connectivity index (χ3n) is 6.40. The van der Waals surface area contributed by atoms with Gasteiger partial charge in [-0.3, -0.25) is 4.79 Å². The second-order valence-electron chi connectivity index (χ2n) is 8.62. The topological polar surface area (TPSA) is 94.9 Å². The molecular weight excluding hydrogens is 430 g/mol. The number of fused-ring (bicyclic) bond motifs is 1. The van der Waals surface area contributed by atoms with Crippen LogP contribution in [0.15, 0.2) is 65.6 Å². The number of carbonyl (C=O) groups excluding carboxylic acids is 1. The number of para-hydroxylation sites is 1. The summed E-state index contributed by atoms with van der Waals surface area (Å²) in [5.74, 6) is 0.889. The number of aryl methyl sites for hydroxylation is 2. The molecule has 0 radical (unpaired) electrons. The van der Waals surface area contributed by atoms with Crippen LogP contribution in [0.2, 0.25) is 0 Å². The first-order valence-corrected chi connectivity index (χ1v) is 11.3. The maximum absolute atomic E-state index is 13.7. The Labute approximate surface area is 195 Å². The van der Waals surface area contributed by atoms with E-state index in [4.69, 9.17) is 9.51 Å². The molecule has 0 spiro atoms. The molecule has 3 aromatic heterocycles. The van der Waals surface area contributed by atoms with Crippen LogP contribution in [-0.2, 0) is 7.05 Å². The monoisotopic (exact) mass is 453 g/mol. The van der Waals surface area contributed by atoms with Gasteiger partial charge >= 0.3 is 0 Å². The zero-order valence-corrected chi connectivity index (χ0v) is 18.9. The van der Waals surface area contributed by atoms with Crippen LogP contribution in [-0.4, -0.2) is 47.1 Å². The Morgan fingerprint density at radius 3 is 2.82 bits per heavy atom. The molecule has 1 fully saturated rings. The molecule has 0 bridgehead atoms. The van der Waals surface area contributed by atoms with Gasteiger partial charge in [0.25, 0.3) is 5.91 Å². The number of likely N-dealkylation sites (tertiary alicyclic amines) is 1. The molecule has 1 saturated heterocycles. The average molecular weight is 454 g/mol. The summed E-state index contributed by atoms with van der Waals surface area (Å²) in [7, 11) is 2.00. The van der Waals surface area contributed by atoms with Crippen molar-refractivity contribution in [1.29, 1.82) is 0 Å². The van der Waals surface area contributed by atoms with E-state index in [2.05, 4.69) is 32.1 Å². The number of benzene rings is 2. The van der Waals surface area contributed by atoms with E-state index in [0.717, 1.165) is 34.9 Å². The quantitative estimate of drug-likeness (QED) is 0.407. The van der Waals surface area contributed by atoms with E-state index in [-0.39, 0.29) is 11.9 Å². The van der Waals surface area contributed by atoms with E-state index >= 15 is 0 Å². The third kappa shape index (κ3) is 3.28. The van der Waals surface area contributed by atoms with E-state index in [9.17, 15) is 4.79 Å². The summed E-state index contributed by atoms with van der Waals surface area (Å²) in [4.78, 5) is 21.8. The van der Waals surface area contributed by atoms with Crippen molar-refractivity contribution in [2.75, 3.05) is 6.54 Å². The normalized spacial score (nSPS) is 15.9. The van der Waals surface area contributed by atoms with Gasteiger partial charge in [-0.2, -0.15) is 20.0 Å². The Balaban J connectivity index is 1.35. The molecule has 0 saturated carbocycles. The van der Waals surface area contributed by atoms with Crippen LogP contribution in [0.5, 0.6) is 0 Å². The number of amides is 1. The van der Waals surface area contributed by atoms with Crippen molar-refractivity contribution in [3.8, 4) is 17.1 Å². The van der Waals surface area contributed by atoms with Crippen LogP contribution in [0.3, 0.4) is 0 Å². The minimum absolute atomic E-state index is 0.0946. The summed E-state index contributed by atoms with van der Waals surface area (Å²) < 4.78 is 7.77. The van der Waals surface area contributed by atoms with Crippen LogP contribution in [0.25, 0.3) is 28.0 Å². The molecule has 5 aromatic rings. The van der Waals surface area contributed by atoms with Crippen LogP contribution in [0.1, 0.15) is 40.7 Å². The Morgan fingerprint density at radius 2 is 1.97 bits per heavy atom. The van der Waals surface area contributed by atoms with E-state index < -0.39 is 0 Å². The summed E-state index contributed by atoms with van der Waals surface area (Å²) in [5, 5.41) is 13.8. The lowest BCUT2D eigenvalue weighted by Crippen LogP contribution is -2.31. The summed E-state index contributed by atoms with van der Waals surface area (Å²) in [6, 6.07) is 13.5. The van der Waals surface area contributed by atoms with Crippen LogP contribution in [0.4, 0.5) is 0 Å². The fourth-order valence-corrected chi connectivity index (χ4v) is 4.77. The molecule has 9 heteroatoms. The van der Waals surface area contributed by atoms with Crippen molar-refractivity contribution in [1.82, 2.24) is 34.6 Å². The first-order chi connectivity index (χ1) is 16.6. The second kappa shape index (κ2) is 7.95. The largest absolute Gasteiger partial charge is 0.350 e. The van der Waals surface area contributed by atoms with E-state index in [0.29, 0.717) is 29.5 Å². The number of aromatic nitrogens is 6. The average Bonchev–Trinajstić information content (AvgIpc) is 3.65. The van der Waals surface area contributed by atoms with Gasteiger partial charge in [0, 0.05) is 30.7 Å². The molecule has 0 aliphatic carbocycles. The van der Waals surface area contributed by atoms with Gasteiger partial charge in [0.2, 0.25) is 11.7 Å². The molecule has 170 valence electrons. The van der Waals surface area contributed by atoms with Crippen LogP contribution in [0, 0.1) is 6.92 Å². The zero-order valence-electron chi connectivity index (χ0n) is 18.9. The number of hydrogen-bond acceptors (Lipinski definition) is 6. The highest BCUT2D eigenvalue weighted by atomic mass is 16.5. The Bertz CT molecular complexity index is 1500. The molecule has 1 amide bonds. The van der Waals surface area contributed by atoms with Crippen molar-refractivity contribution in [2.45, 2.75) is 25.8 Å². The minimum atomic E-state index is -0.277. The first kappa shape index (κ1) is 20.3. The van der Waals surface area contributed by atoms with Gasteiger partial charge in [-0.15, -0.1) is 0 Å². The van der Waals surface area contributed by atoms with E-state index in [1.165, 1.54) is 4.80 Å². The maximum Gasteiger partial charge on any atom is 0.256 e. The number of nitrogens with zero attached hydrogens (tertiary/aromatic N) is 7. The Kier molecular flexibility index (Phi) is 4.75. The number of hydrogen-bond donors (Lipinski definition) is 0. The van der Waals surface area contributed by atoms with Crippen LogP contribution >= 0.6 is 0 Å². The van der Waals surface area contributed by atoms with E-state index in [1.807, 2.05) is 55.4 Å². The molecular formula is C25H23N7O2. The molecule has 1 aliphatic rings. The molecule has 1 atom stereocenters. The minimum Gasteiger partial charge on any atom is -0.350 e. The van der Waals surface area contributed by atoms with Crippen molar-refractivity contribution in [3.05, 3.63) is 78.1 Å². The fraction of sp³-hybridized carbons (Fsp3) is 0.240. The molecule has 1 aliphatic heterocycles. The lowest BCUT2D eigenvalue weighted by Gasteiger charge is -2.23. The lowest BCUT2D eigenvalue weighted by atomic mass is 10.1. The van der Waals surface area contributed by atoms with Gasteiger partial charge in [-0.05, 0) is 44.0 Å². The smallest absolute Gasteiger partial charge is 0.256 e. The molecule has 34 heavy (non-hydrogen) atoms. The number of rotatable bonds is 4. The van der Waals surface area contributed by atoms with Gasteiger partial charge in [0.15, 0.2) is 0 Å². The highest BCUT2D eigenvalue weighted by Gasteiger charge is 2.36. The summed E-state index contributed by atoms with van der Waals surface area (Å²) in [5.41, 5.74) is 4.14. The molecule has 2 aromatic carbocycles. The summed E-state index contributed by atoms with van der Waals surface area (Å²) in [6.07, 6.45) is 6.84. The lowest BCUT2D eigenvalue weighted by molar-refractivity contribution is 0.0709. The highest BCUT2D eigenvalue weighted by Crippen LogP contribution is 2.35. The predicted octanol–water partition coefficient (Wildman–Crippen LogP) is 4.09. The number of carbonyl (C=O) groups is 1. The Hall–Kier alpha value is -4.27. The zero-order chi connectivity index (χ0) is 23.2. The molecule has 0 N–H and O–H groups in total. The van der Waals surface area contributed by atoms with Crippen LogP contribution < -0.4 is 0 Å². The van der Waals surface area contributed by atoms with Crippen molar-refractivity contribution < 1.29 is 9.32 Å². The summed E-state index contributed by atoms with van der Waals surface area (Å²) in [6.45, 7) is 2.58. The van der Waals surface area contributed by atoms with Gasteiger partial charge in [-0.1, -0.05) is 28.9 Å². The maximum atomic E-state index is 13.7. The Morgan fingerprint density at radius 1 is 1.12 bits per heavy atom. The molecule has 1 unspecified atom stereocenters. The second-order valence-corrected chi connectivity index (χ2v) is 8.62. The third-order valence-corrected chi connectivity index (χ3v) is 6.40. The predicted molar refractivity (Wildman–Crippen MR) is 125 cm³/mol. The summed E-state index contributed by atoms with van der Waals surface area (Å²) >= 11 is 0. The van der Waals surface area contributed by atoms with Gasteiger partial charge < -0.3 is 14.0 Å². The van der Waals surface area contributed by atoms with Crippen molar-refractivity contribution >= 4 is 16.8 Å². The van der Waals surface area contributed by atoms with Gasteiger partial charge in [0.05, 0.1) is 29.2 Å². The van der Waals surface area contributed by atoms with Crippen molar-refractivity contribution in [3.63, 3.8) is 0 Å². The fourth-order valence-electron chi connectivity index (χ4n) is 4.77. The molecule has 6 rings (SSSR count). The first-order valence-electron chi connectivity index (χ1n) is 11.3. The van der Waals surface area contributed by atoms with Gasteiger partial charge in [0.1, 0.15) is 6.04 Å². The van der Waals surface area contributed by atoms with Gasteiger partial charge in [-0.25, -0.2) is 0 Å². The highest BCUT2D eigenvalue weighted by molar-refractivity contribution is 5.98. The van der Waals surface area contributed by atoms with E-state index in [1.54, 1.807) is 12.4 Å². The standard InChI is InChI=1S/C25H23N7O2/c1-16-8-9-20(32-26-11-12-27-32)19(15-16)25(33)31-13-4-7-21(31)24-28-23(29-34-24)18-6-3-5-17-10-14-30(2)22(17)18/h3,5-6,8-12,14-15,21H,4,7,13H2,1-2H3. The molecule has 9 nitrogen and oxygen atoms in total.